The number of hydrogen-bond donors (Lipinski definition) is 1. The van der Waals surface area contributed by atoms with E-state index in [1.165, 1.54) is 0 Å². The number of carbonyl (C=O) groups is 1. The summed E-state index contributed by atoms with van der Waals surface area (Å²) in [6, 6.07) is 18.0. The Kier molecular flexibility index (Phi) is 6.37. The molecule has 0 bridgehead atoms. The van der Waals surface area contributed by atoms with Gasteiger partial charge in [-0.1, -0.05) is 22.0 Å². The van der Waals surface area contributed by atoms with Gasteiger partial charge in [0.05, 0.1) is 0 Å². The SMILES string of the molecule is Cn1ccnc1COc1ccc(NC(=O)c2ccc(COc3cccc(Br)c3)o2)cc1. The van der Waals surface area contributed by atoms with E-state index in [2.05, 4.69) is 26.2 Å². The maximum absolute atomic E-state index is 12.5. The van der Waals surface area contributed by atoms with E-state index in [1.54, 1.807) is 42.6 Å². The summed E-state index contributed by atoms with van der Waals surface area (Å²) >= 11 is 3.40. The number of hydrogen-bond acceptors (Lipinski definition) is 5. The zero-order valence-corrected chi connectivity index (χ0v) is 18.3. The van der Waals surface area contributed by atoms with Crippen LogP contribution in [0.25, 0.3) is 0 Å². The number of ether oxygens (including phenoxy) is 2. The molecule has 158 valence electrons. The number of rotatable bonds is 8. The Bertz CT molecular complexity index is 1170. The fourth-order valence-corrected chi connectivity index (χ4v) is 3.18. The number of nitrogens with one attached hydrogen (secondary N) is 1. The predicted molar refractivity (Wildman–Crippen MR) is 119 cm³/mol. The summed E-state index contributed by atoms with van der Waals surface area (Å²) in [6.07, 6.45) is 3.59. The summed E-state index contributed by atoms with van der Waals surface area (Å²) in [7, 11) is 1.91. The van der Waals surface area contributed by atoms with Crippen molar-refractivity contribution in [2.75, 3.05) is 5.32 Å². The highest BCUT2D eigenvalue weighted by atomic mass is 79.9. The van der Waals surface area contributed by atoms with E-state index in [9.17, 15) is 4.79 Å². The minimum Gasteiger partial charge on any atom is -0.486 e. The van der Waals surface area contributed by atoms with Crippen LogP contribution in [0.5, 0.6) is 11.5 Å². The van der Waals surface area contributed by atoms with Crippen molar-refractivity contribution in [3.8, 4) is 11.5 Å². The lowest BCUT2D eigenvalue weighted by molar-refractivity contribution is 0.0992. The molecule has 2 aromatic carbocycles. The van der Waals surface area contributed by atoms with Gasteiger partial charge in [0, 0.05) is 29.6 Å². The lowest BCUT2D eigenvalue weighted by Crippen LogP contribution is -2.10. The summed E-state index contributed by atoms with van der Waals surface area (Å²) in [5.41, 5.74) is 0.637. The smallest absolute Gasteiger partial charge is 0.291 e. The van der Waals surface area contributed by atoms with Gasteiger partial charge in [0.15, 0.2) is 5.76 Å². The summed E-state index contributed by atoms with van der Waals surface area (Å²) in [4.78, 5) is 16.7. The highest BCUT2D eigenvalue weighted by Gasteiger charge is 2.12. The highest BCUT2D eigenvalue weighted by Crippen LogP contribution is 2.21. The first-order chi connectivity index (χ1) is 15.1. The highest BCUT2D eigenvalue weighted by molar-refractivity contribution is 9.10. The van der Waals surface area contributed by atoms with Gasteiger partial charge in [-0.3, -0.25) is 4.79 Å². The maximum atomic E-state index is 12.5. The number of carbonyl (C=O) groups excluding carboxylic acids is 1. The van der Waals surface area contributed by atoms with Crippen molar-refractivity contribution in [2.45, 2.75) is 13.2 Å². The van der Waals surface area contributed by atoms with Crippen molar-refractivity contribution in [3.63, 3.8) is 0 Å². The van der Waals surface area contributed by atoms with Crippen LogP contribution in [-0.4, -0.2) is 15.5 Å². The number of nitrogens with zero attached hydrogens (tertiary/aromatic N) is 2. The molecule has 0 saturated carbocycles. The van der Waals surface area contributed by atoms with Crippen LogP contribution in [0.15, 0.2) is 81.9 Å². The van der Waals surface area contributed by atoms with Crippen molar-refractivity contribution in [1.82, 2.24) is 9.55 Å². The molecule has 2 heterocycles. The zero-order valence-electron chi connectivity index (χ0n) is 16.7. The number of benzene rings is 2. The number of amides is 1. The topological polar surface area (TPSA) is 78.5 Å². The first kappa shape index (κ1) is 20.7. The number of furan rings is 1. The molecule has 31 heavy (non-hydrogen) atoms. The van der Waals surface area contributed by atoms with Crippen molar-refractivity contribution in [1.29, 1.82) is 0 Å². The number of aryl methyl sites for hydroxylation is 1. The van der Waals surface area contributed by atoms with Crippen molar-refractivity contribution >= 4 is 27.5 Å². The molecule has 1 N–H and O–H groups in total. The molecule has 2 aromatic heterocycles. The second-order valence-corrected chi connectivity index (χ2v) is 7.65. The molecule has 0 aliphatic rings. The first-order valence-electron chi connectivity index (χ1n) is 9.54. The summed E-state index contributed by atoms with van der Waals surface area (Å²) in [5.74, 6) is 2.66. The van der Waals surface area contributed by atoms with Crippen molar-refractivity contribution in [2.24, 2.45) is 7.05 Å². The van der Waals surface area contributed by atoms with Crippen LogP contribution in [0, 0.1) is 0 Å². The molecule has 0 atom stereocenters. The van der Waals surface area contributed by atoms with E-state index in [0.29, 0.717) is 29.6 Å². The van der Waals surface area contributed by atoms with Crippen LogP contribution in [0.3, 0.4) is 0 Å². The number of halogens is 1. The van der Waals surface area contributed by atoms with Gasteiger partial charge in [0.2, 0.25) is 0 Å². The van der Waals surface area contributed by atoms with Crippen LogP contribution in [-0.2, 0) is 20.3 Å². The first-order valence-corrected chi connectivity index (χ1v) is 10.3. The summed E-state index contributed by atoms with van der Waals surface area (Å²) in [6.45, 7) is 0.595. The Morgan fingerprint density at radius 3 is 2.61 bits per heavy atom. The maximum Gasteiger partial charge on any atom is 0.291 e. The Labute approximate surface area is 187 Å². The second kappa shape index (κ2) is 9.53. The average Bonchev–Trinajstić information content (AvgIpc) is 3.41. The molecular formula is C23H20BrN3O4. The minimum atomic E-state index is -0.338. The van der Waals surface area contributed by atoms with Gasteiger partial charge in [0.25, 0.3) is 5.91 Å². The molecule has 0 radical (unpaired) electrons. The van der Waals surface area contributed by atoms with E-state index in [4.69, 9.17) is 13.9 Å². The van der Waals surface area contributed by atoms with Gasteiger partial charge in [-0.05, 0) is 54.6 Å². The Morgan fingerprint density at radius 2 is 1.87 bits per heavy atom. The molecule has 0 saturated heterocycles. The fourth-order valence-electron chi connectivity index (χ4n) is 2.80. The van der Waals surface area contributed by atoms with Crippen LogP contribution in [0.1, 0.15) is 22.1 Å². The predicted octanol–water partition coefficient (Wildman–Crippen LogP) is 5.19. The van der Waals surface area contributed by atoms with Crippen LogP contribution >= 0.6 is 15.9 Å². The van der Waals surface area contributed by atoms with Gasteiger partial charge >= 0.3 is 0 Å². The fraction of sp³-hybridized carbons (Fsp3) is 0.130. The number of aromatic nitrogens is 2. The normalized spacial score (nSPS) is 10.6. The molecule has 0 unspecified atom stereocenters. The lowest BCUT2D eigenvalue weighted by atomic mass is 10.3. The molecule has 8 heteroatoms. The monoisotopic (exact) mass is 481 g/mol. The third-order valence-corrected chi connectivity index (χ3v) is 4.96. The summed E-state index contributed by atoms with van der Waals surface area (Å²) < 4.78 is 19.8. The second-order valence-electron chi connectivity index (χ2n) is 6.73. The number of imidazole rings is 1. The van der Waals surface area contributed by atoms with Crippen molar-refractivity contribution < 1.29 is 18.7 Å². The average molecular weight is 482 g/mol. The van der Waals surface area contributed by atoms with E-state index >= 15 is 0 Å². The molecule has 0 fully saturated rings. The number of anilines is 1. The van der Waals surface area contributed by atoms with Crippen LogP contribution < -0.4 is 14.8 Å². The van der Waals surface area contributed by atoms with E-state index < -0.39 is 0 Å². The van der Waals surface area contributed by atoms with Crippen LogP contribution in [0.2, 0.25) is 0 Å². The third-order valence-electron chi connectivity index (χ3n) is 4.46. The van der Waals surface area contributed by atoms with E-state index in [1.807, 2.05) is 42.1 Å². The van der Waals surface area contributed by atoms with Crippen LogP contribution in [0.4, 0.5) is 5.69 Å². The zero-order chi connectivity index (χ0) is 21.6. The van der Waals surface area contributed by atoms with Gasteiger partial charge in [-0.15, -0.1) is 0 Å². The summed E-state index contributed by atoms with van der Waals surface area (Å²) in [5, 5.41) is 2.81. The van der Waals surface area contributed by atoms with Gasteiger partial charge in [-0.2, -0.15) is 0 Å². The molecular weight excluding hydrogens is 462 g/mol. The molecule has 0 aliphatic heterocycles. The molecule has 0 spiro atoms. The molecule has 7 nitrogen and oxygen atoms in total. The van der Waals surface area contributed by atoms with E-state index in [0.717, 1.165) is 10.3 Å². The standard InChI is InChI=1S/C23H20BrN3O4/c1-27-12-11-25-22(27)15-30-18-7-5-17(6-8-18)26-23(28)21-10-9-20(31-21)14-29-19-4-2-3-16(24)13-19/h2-13H,14-15H2,1H3,(H,26,28). The molecule has 0 aliphatic carbocycles. The Hall–Kier alpha value is -3.52. The van der Waals surface area contributed by atoms with E-state index in [-0.39, 0.29) is 18.3 Å². The van der Waals surface area contributed by atoms with Gasteiger partial charge in [-0.25, -0.2) is 4.98 Å². The molecule has 4 aromatic rings. The minimum absolute atomic E-state index is 0.211. The molecule has 4 rings (SSSR count). The largest absolute Gasteiger partial charge is 0.486 e. The van der Waals surface area contributed by atoms with Gasteiger partial charge < -0.3 is 23.8 Å². The Morgan fingerprint density at radius 1 is 1.06 bits per heavy atom. The Balaban J connectivity index is 1.29. The lowest BCUT2D eigenvalue weighted by Gasteiger charge is -2.08. The molecule has 1 amide bonds. The third kappa shape index (κ3) is 5.55. The quantitative estimate of drug-likeness (QED) is 0.374. The van der Waals surface area contributed by atoms with Gasteiger partial charge in [0.1, 0.15) is 36.3 Å². The van der Waals surface area contributed by atoms with Crippen molar-refractivity contribution in [3.05, 3.63) is 94.9 Å².